The lowest BCUT2D eigenvalue weighted by molar-refractivity contribution is -0.265. The van der Waals surface area contributed by atoms with E-state index in [1.54, 1.807) is 41.1 Å². The molecule has 0 aromatic heterocycles. The minimum absolute atomic E-state index is 0.0193. The maximum Gasteiger partial charge on any atom is 0.329 e. The molecule has 65 heavy (non-hydrogen) atoms. The number of carbonyl (C=O) groups excluding carboxylic acids is 5. The molecule has 14 nitrogen and oxygen atoms in total. The van der Waals surface area contributed by atoms with Gasteiger partial charge in [-0.25, -0.2) is 4.79 Å². The number of hydrogen-bond acceptors (Lipinski definition) is 13. The molecular formula is C51H79NO13. The first kappa shape index (κ1) is 54.2. The molecule has 3 fully saturated rings. The van der Waals surface area contributed by atoms with Crippen LogP contribution in [0.3, 0.4) is 0 Å². The van der Waals surface area contributed by atoms with Crippen LogP contribution in [-0.2, 0) is 47.7 Å². The average molecular weight is 914 g/mol. The number of cyclic esters (lactones) is 1. The Hall–Kier alpha value is -3.37. The van der Waals surface area contributed by atoms with Crippen LogP contribution < -0.4 is 0 Å². The van der Waals surface area contributed by atoms with E-state index in [2.05, 4.69) is 0 Å². The monoisotopic (exact) mass is 914 g/mol. The third-order valence-electron chi connectivity index (χ3n) is 14.5. The Labute approximate surface area is 387 Å². The van der Waals surface area contributed by atoms with E-state index < -0.39 is 83.9 Å². The van der Waals surface area contributed by atoms with Crippen molar-refractivity contribution in [1.82, 2.24) is 4.90 Å². The lowest BCUT2D eigenvalue weighted by Gasteiger charge is -2.42. The zero-order valence-electron chi connectivity index (χ0n) is 40.6. The van der Waals surface area contributed by atoms with Crippen molar-refractivity contribution in [2.24, 2.45) is 35.5 Å². The highest BCUT2D eigenvalue weighted by molar-refractivity contribution is 6.39. The molecule has 14 heteroatoms. The molecule has 2 bridgehead atoms. The number of rotatable bonds is 6. The summed E-state index contributed by atoms with van der Waals surface area (Å²) in [6.45, 7) is 12.7. The van der Waals surface area contributed by atoms with Crippen molar-refractivity contribution < 1.29 is 63.0 Å². The van der Waals surface area contributed by atoms with E-state index in [1.807, 2.05) is 58.1 Å². The normalized spacial score (nSPS) is 40.4. The van der Waals surface area contributed by atoms with Crippen LogP contribution in [0.15, 0.2) is 47.6 Å². The quantitative estimate of drug-likeness (QED) is 0.156. The van der Waals surface area contributed by atoms with E-state index in [0.29, 0.717) is 63.4 Å². The van der Waals surface area contributed by atoms with Crippen LogP contribution in [0.4, 0.5) is 0 Å². The Bertz CT molecular complexity index is 1760. The summed E-state index contributed by atoms with van der Waals surface area (Å²) in [4.78, 5) is 71.8. The molecule has 3 heterocycles. The molecular weight excluding hydrogens is 835 g/mol. The number of allylic oxidation sites excluding steroid dienone is 6. The molecule has 1 amide bonds. The summed E-state index contributed by atoms with van der Waals surface area (Å²) in [6, 6.07) is -1.14. The standard InChI is InChI=1S/C51H79NO13/c1-30-16-12-11-13-17-31(2)42(61-8)28-38-21-19-36(7)51(60,65-38)48(57)49(58)52-23-15-14-18-39(52)50(59)64-43(33(4)26-37-20-22-40(53)44(27-37)62-9)29-41(54)32(3)25-35(6)46(56)47(63-10)45(55)34(5)24-30/h11-13,16-17,25,30,32-34,36-40,42-44,46-47,53,56,60H,14-15,18-24,26-29H2,1-10H3/b13-11+,16-12+,31-17+,35-25+/t30-,32-,33-,34-,36-,37+,38?,39+,40-,42?,43+,44-,46-,47+,51-/m1/s1. The number of ketones is 3. The van der Waals surface area contributed by atoms with E-state index in [1.165, 1.54) is 12.0 Å². The molecule has 3 aliphatic heterocycles. The van der Waals surface area contributed by atoms with Crippen molar-refractivity contribution in [1.29, 1.82) is 0 Å². The first-order chi connectivity index (χ1) is 30.7. The fraction of sp³-hybridized carbons (Fsp3) is 0.745. The van der Waals surface area contributed by atoms with E-state index in [-0.39, 0.29) is 54.8 Å². The molecule has 1 aliphatic carbocycles. The molecule has 1 saturated carbocycles. The highest BCUT2D eigenvalue weighted by Gasteiger charge is 2.53. The van der Waals surface area contributed by atoms with Crippen molar-refractivity contribution in [3.05, 3.63) is 47.6 Å². The highest BCUT2D eigenvalue weighted by atomic mass is 16.6. The Morgan fingerprint density at radius 2 is 1.57 bits per heavy atom. The average Bonchev–Trinajstić information content (AvgIpc) is 3.28. The zero-order chi connectivity index (χ0) is 48.2. The maximum atomic E-state index is 14.4. The largest absolute Gasteiger partial charge is 0.460 e. The molecule has 366 valence electrons. The van der Waals surface area contributed by atoms with Crippen molar-refractivity contribution in [2.75, 3.05) is 27.9 Å². The molecule has 4 aliphatic rings. The lowest BCUT2D eigenvalue weighted by Crippen LogP contribution is -2.61. The predicted octanol–water partition coefficient (Wildman–Crippen LogP) is 6.18. The van der Waals surface area contributed by atoms with Gasteiger partial charge in [-0.15, -0.1) is 0 Å². The predicted molar refractivity (Wildman–Crippen MR) is 245 cm³/mol. The Morgan fingerprint density at radius 1 is 0.846 bits per heavy atom. The number of aliphatic hydroxyl groups is 3. The summed E-state index contributed by atoms with van der Waals surface area (Å²) >= 11 is 0. The first-order valence-electron chi connectivity index (χ1n) is 23.9. The lowest BCUT2D eigenvalue weighted by atomic mass is 9.78. The van der Waals surface area contributed by atoms with Gasteiger partial charge in [-0.05, 0) is 107 Å². The summed E-state index contributed by atoms with van der Waals surface area (Å²) in [6.07, 6.45) is 11.2. The topological polar surface area (TPSA) is 195 Å². The highest BCUT2D eigenvalue weighted by Crippen LogP contribution is 2.38. The number of Topliss-reactive ketones (excluding diaryl/α,β-unsaturated/α-hetero) is 3. The van der Waals surface area contributed by atoms with Crippen molar-refractivity contribution in [2.45, 2.75) is 180 Å². The summed E-state index contributed by atoms with van der Waals surface area (Å²) < 4.78 is 29.4. The SMILES string of the molecule is COC1CC2CC[C@@H](C)[C@@](O)(O2)C(=O)C(=O)N2CCCC[C@H]2C(=O)O[C@H]([C@H](C)C[C@@H]2CC[C@@H](O)[C@H](OC)C2)CC(=O)[C@H](C)/C=C(\C)[C@@H](O)[C@@H](OC)C(=O)[C@H](C)C[C@H](C)/C=C/C=C/C=C/1C. The van der Waals surface area contributed by atoms with E-state index >= 15 is 0 Å². The number of esters is 1. The molecule has 0 aromatic rings. The van der Waals surface area contributed by atoms with Gasteiger partial charge in [-0.1, -0.05) is 71.1 Å². The van der Waals surface area contributed by atoms with Gasteiger partial charge in [-0.2, -0.15) is 0 Å². The van der Waals surface area contributed by atoms with Gasteiger partial charge in [0.2, 0.25) is 5.79 Å². The molecule has 2 saturated heterocycles. The summed E-state index contributed by atoms with van der Waals surface area (Å²) in [5, 5.41) is 33.8. The molecule has 15 atom stereocenters. The zero-order valence-corrected chi connectivity index (χ0v) is 40.6. The van der Waals surface area contributed by atoms with Gasteiger partial charge in [0.15, 0.2) is 5.78 Å². The Balaban J connectivity index is 1.70. The van der Waals surface area contributed by atoms with Crippen LogP contribution >= 0.6 is 0 Å². The third kappa shape index (κ3) is 14.3. The number of piperidine rings is 1. The van der Waals surface area contributed by atoms with Crippen LogP contribution in [0.1, 0.15) is 126 Å². The molecule has 0 spiro atoms. The number of carbonyl (C=O) groups is 5. The Kier molecular flexibility index (Phi) is 21.0. The maximum absolute atomic E-state index is 14.4. The summed E-state index contributed by atoms with van der Waals surface area (Å²) in [7, 11) is 4.52. The van der Waals surface area contributed by atoms with Crippen molar-refractivity contribution >= 4 is 29.2 Å². The number of methoxy groups -OCH3 is 3. The van der Waals surface area contributed by atoms with Crippen LogP contribution in [0.5, 0.6) is 0 Å². The number of fused-ring (bicyclic) bond motifs is 3. The second-order valence-electron chi connectivity index (χ2n) is 19.6. The molecule has 3 N–H and O–H groups in total. The van der Waals surface area contributed by atoms with Gasteiger partial charge in [0.05, 0.1) is 24.4 Å². The van der Waals surface area contributed by atoms with Gasteiger partial charge in [0.25, 0.3) is 11.7 Å². The van der Waals surface area contributed by atoms with Crippen molar-refractivity contribution in [3.8, 4) is 0 Å². The van der Waals surface area contributed by atoms with Gasteiger partial charge in [0, 0.05) is 58.5 Å². The van der Waals surface area contributed by atoms with E-state index in [0.717, 1.165) is 12.0 Å². The number of hydrogen-bond donors (Lipinski definition) is 3. The van der Waals surface area contributed by atoms with Gasteiger partial charge in [-0.3, -0.25) is 19.2 Å². The second-order valence-corrected chi connectivity index (χ2v) is 19.6. The van der Waals surface area contributed by atoms with Crippen LogP contribution in [-0.4, -0.2) is 132 Å². The molecule has 0 radical (unpaired) electrons. The van der Waals surface area contributed by atoms with E-state index in [9.17, 15) is 39.3 Å². The number of amides is 1. The Morgan fingerprint density at radius 3 is 2.25 bits per heavy atom. The van der Waals surface area contributed by atoms with Crippen molar-refractivity contribution in [3.63, 3.8) is 0 Å². The van der Waals surface area contributed by atoms with Crippen LogP contribution in [0.2, 0.25) is 0 Å². The smallest absolute Gasteiger partial charge is 0.329 e. The van der Waals surface area contributed by atoms with Gasteiger partial charge in [0.1, 0.15) is 30.1 Å². The van der Waals surface area contributed by atoms with Crippen LogP contribution in [0.25, 0.3) is 0 Å². The molecule has 4 rings (SSSR count). The third-order valence-corrected chi connectivity index (χ3v) is 14.5. The summed E-state index contributed by atoms with van der Waals surface area (Å²) in [5.41, 5.74) is 1.27. The number of nitrogens with zero attached hydrogens (tertiary/aromatic N) is 1. The fourth-order valence-electron chi connectivity index (χ4n) is 10.1. The molecule has 0 aromatic carbocycles. The van der Waals surface area contributed by atoms with Crippen LogP contribution in [0, 0.1) is 35.5 Å². The minimum atomic E-state index is -2.43. The molecule has 2 unspecified atom stereocenters. The van der Waals surface area contributed by atoms with Gasteiger partial charge >= 0.3 is 5.97 Å². The number of aliphatic hydroxyl groups excluding tert-OH is 2. The van der Waals surface area contributed by atoms with Gasteiger partial charge < -0.3 is 43.9 Å². The minimum Gasteiger partial charge on any atom is -0.460 e. The second kappa shape index (κ2) is 25.1. The summed E-state index contributed by atoms with van der Waals surface area (Å²) in [5.74, 6) is -7.96. The fourth-order valence-corrected chi connectivity index (χ4v) is 10.1. The number of ether oxygens (including phenoxy) is 5. The van der Waals surface area contributed by atoms with E-state index in [4.69, 9.17) is 23.7 Å². The first-order valence-corrected chi connectivity index (χ1v) is 23.9.